The van der Waals surface area contributed by atoms with Gasteiger partial charge < -0.3 is 4.74 Å². The lowest BCUT2D eigenvalue weighted by molar-refractivity contribution is -0.385. The molecule has 0 aliphatic carbocycles. The molecule has 0 saturated carbocycles. The van der Waals surface area contributed by atoms with Crippen LogP contribution in [0.15, 0.2) is 46.7 Å². The van der Waals surface area contributed by atoms with E-state index >= 15 is 0 Å². The molecular formula is C17H20N2O5S2. The lowest BCUT2D eigenvalue weighted by atomic mass is 10.1. The lowest BCUT2D eigenvalue weighted by Gasteiger charge is -2.33. The van der Waals surface area contributed by atoms with Crippen LogP contribution < -0.4 is 0 Å². The van der Waals surface area contributed by atoms with E-state index in [-0.39, 0.29) is 16.6 Å². The second kappa shape index (κ2) is 8.26. The van der Waals surface area contributed by atoms with E-state index in [0.717, 1.165) is 10.9 Å². The molecule has 2 aromatic rings. The Labute approximate surface area is 156 Å². The molecule has 1 aromatic heterocycles. The first-order chi connectivity index (χ1) is 12.5. The van der Waals surface area contributed by atoms with Crippen LogP contribution in [0.5, 0.6) is 0 Å². The molecule has 1 saturated heterocycles. The number of thiophene rings is 1. The molecule has 1 aliphatic heterocycles. The van der Waals surface area contributed by atoms with Crippen molar-refractivity contribution in [3.63, 3.8) is 0 Å². The van der Waals surface area contributed by atoms with Crippen molar-refractivity contribution in [3.05, 3.63) is 56.8 Å². The third-order valence-electron chi connectivity index (χ3n) is 4.39. The van der Waals surface area contributed by atoms with Crippen molar-refractivity contribution in [2.24, 2.45) is 0 Å². The monoisotopic (exact) mass is 396 g/mol. The molecule has 26 heavy (non-hydrogen) atoms. The smallest absolute Gasteiger partial charge is 0.270 e. The molecular weight excluding hydrogens is 376 g/mol. The maximum atomic E-state index is 13.2. The van der Waals surface area contributed by atoms with Crippen molar-refractivity contribution in [1.29, 1.82) is 0 Å². The predicted molar refractivity (Wildman–Crippen MR) is 98.9 cm³/mol. The van der Waals surface area contributed by atoms with Gasteiger partial charge >= 0.3 is 0 Å². The summed E-state index contributed by atoms with van der Waals surface area (Å²) >= 11 is 1.59. The van der Waals surface area contributed by atoms with Crippen LogP contribution in [0.1, 0.15) is 17.7 Å². The zero-order valence-electron chi connectivity index (χ0n) is 14.1. The van der Waals surface area contributed by atoms with Gasteiger partial charge in [0.05, 0.1) is 9.82 Å². The number of hydrogen-bond acceptors (Lipinski definition) is 6. The summed E-state index contributed by atoms with van der Waals surface area (Å²) in [6, 6.07) is 9.01. The number of nitro groups is 1. The number of non-ortho nitro benzene ring substituents is 1. The first-order valence-corrected chi connectivity index (χ1v) is 10.7. The summed E-state index contributed by atoms with van der Waals surface area (Å²) in [7, 11) is -3.83. The highest BCUT2D eigenvalue weighted by Gasteiger charge is 2.33. The molecule has 0 radical (unpaired) electrons. The van der Waals surface area contributed by atoms with E-state index in [2.05, 4.69) is 0 Å². The van der Waals surface area contributed by atoms with Gasteiger partial charge in [-0.1, -0.05) is 12.1 Å². The summed E-state index contributed by atoms with van der Waals surface area (Å²) in [5.74, 6) is 0. The minimum absolute atomic E-state index is 0.0376. The lowest BCUT2D eigenvalue weighted by Crippen LogP contribution is -2.44. The van der Waals surface area contributed by atoms with Crippen LogP contribution in [-0.2, 0) is 21.2 Å². The van der Waals surface area contributed by atoms with Gasteiger partial charge in [0.15, 0.2) is 0 Å². The number of nitrogens with zero attached hydrogens (tertiary/aromatic N) is 2. The highest BCUT2D eigenvalue weighted by atomic mass is 32.2. The highest BCUT2D eigenvalue weighted by molar-refractivity contribution is 7.89. The molecule has 140 valence electrons. The van der Waals surface area contributed by atoms with Gasteiger partial charge in [-0.25, -0.2) is 8.42 Å². The van der Waals surface area contributed by atoms with Crippen molar-refractivity contribution >= 4 is 27.0 Å². The van der Waals surface area contributed by atoms with Crippen molar-refractivity contribution in [2.45, 2.75) is 30.2 Å². The fourth-order valence-electron chi connectivity index (χ4n) is 3.04. The Balaban J connectivity index is 1.90. The Morgan fingerprint density at radius 3 is 2.65 bits per heavy atom. The SMILES string of the molecule is O=[N+]([O-])c1cccc(S(=O)(=O)N(CCc2cccs2)C2CCOCC2)c1. The number of sulfonamides is 1. The van der Waals surface area contributed by atoms with Crippen LogP contribution in [0.2, 0.25) is 0 Å². The van der Waals surface area contributed by atoms with Gasteiger partial charge in [-0.3, -0.25) is 10.1 Å². The quantitative estimate of drug-likeness (QED) is 0.530. The van der Waals surface area contributed by atoms with Gasteiger partial charge in [0, 0.05) is 42.8 Å². The number of benzene rings is 1. The van der Waals surface area contributed by atoms with Crippen LogP contribution in [0.25, 0.3) is 0 Å². The summed E-state index contributed by atoms with van der Waals surface area (Å²) in [4.78, 5) is 11.5. The number of rotatable bonds is 7. The second-order valence-corrected chi connectivity index (χ2v) is 8.97. The maximum absolute atomic E-state index is 13.2. The summed E-state index contributed by atoms with van der Waals surface area (Å²) < 4.78 is 33.3. The van der Waals surface area contributed by atoms with Crippen molar-refractivity contribution in [3.8, 4) is 0 Å². The summed E-state index contributed by atoms with van der Waals surface area (Å²) in [6.07, 6.45) is 1.86. The Morgan fingerprint density at radius 2 is 2.00 bits per heavy atom. The molecule has 9 heteroatoms. The molecule has 0 amide bonds. The molecule has 0 N–H and O–H groups in total. The first kappa shape index (κ1) is 19.0. The van der Waals surface area contributed by atoms with Crippen LogP contribution in [0, 0.1) is 10.1 Å². The second-order valence-electron chi connectivity index (χ2n) is 6.04. The van der Waals surface area contributed by atoms with Gasteiger partial charge in [-0.15, -0.1) is 11.3 Å². The first-order valence-electron chi connectivity index (χ1n) is 8.35. The Bertz CT molecular complexity index is 846. The van der Waals surface area contributed by atoms with Crippen molar-refractivity contribution < 1.29 is 18.1 Å². The standard InChI is InChI=1S/C17H20N2O5S2/c20-19(21)15-3-1-5-17(13-15)26(22,23)18(14-7-10-24-11-8-14)9-6-16-4-2-12-25-16/h1-5,12-14H,6-11H2. The van der Waals surface area contributed by atoms with Crippen molar-refractivity contribution in [2.75, 3.05) is 19.8 Å². The fraction of sp³-hybridized carbons (Fsp3) is 0.412. The minimum Gasteiger partial charge on any atom is -0.381 e. The molecule has 3 rings (SSSR count). The van der Waals surface area contributed by atoms with Gasteiger partial charge in [-0.05, 0) is 36.8 Å². The van der Waals surface area contributed by atoms with E-state index in [1.807, 2.05) is 17.5 Å². The zero-order valence-corrected chi connectivity index (χ0v) is 15.7. The van der Waals surface area contributed by atoms with Crippen LogP contribution in [-0.4, -0.2) is 43.4 Å². The summed E-state index contributed by atoms with van der Waals surface area (Å²) in [6.45, 7) is 1.38. The fourth-order valence-corrected chi connectivity index (χ4v) is 5.46. The highest BCUT2D eigenvalue weighted by Crippen LogP contribution is 2.26. The number of nitro benzene ring substituents is 1. The van der Waals surface area contributed by atoms with Crippen LogP contribution in [0.3, 0.4) is 0 Å². The molecule has 1 fully saturated rings. The molecule has 7 nitrogen and oxygen atoms in total. The summed E-state index contributed by atoms with van der Waals surface area (Å²) in [5.41, 5.74) is -0.226. The van der Waals surface area contributed by atoms with E-state index in [1.165, 1.54) is 22.5 Å². The normalized spacial score (nSPS) is 16.0. The van der Waals surface area contributed by atoms with Gasteiger partial charge in [0.1, 0.15) is 0 Å². The molecule has 2 heterocycles. The largest absolute Gasteiger partial charge is 0.381 e. The average molecular weight is 396 g/mol. The number of hydrogen-bond donors (Lipinski definition) is 0. The Morgan fingerprint density at radius 1 is 1.23 bits per heavy atom. The van der Waals surface area contributed by atoms with Crippen molar-refractivity contribution in [1.82, 2.24) is 4.31 Å². The minimum atomic E-state index is -3.83. The van der Waals surface area contributed by atoms with Crippen LogP contribution >= 0.6 is 11.3 Å². The van der Waals surface area contributed by atoms with E-state index in [4.69, 9.17) is 4.74 Å². The van der Waals surface area contributed by atoms with E-state index < -0.39 is 14.9 Å². The Kier molecular flexibility index (Phi) is 6.02. The molecule has 0 unspecified atom stereocenters. The van der Waals surface area contributed by atoms with E-state index in [0.29, 0.717) is 39.0 Å². The molecule has 0 spiro atoms. The molecule has 1 aliphatic rings. The third-order valence-corrected chi connectivity index (χ3v) is 7.28. The zero-order chi connectivity index (χ0) is 18.6. The van der Waals surface area contributed by atoms with Gasteiger partial charge in [-0.2, -0.15) is 4.31 Å². The predicted octanol–water partition coefficient (Wildman–Crippen LogP) is 3.07. The summed E-state index contributed by atoms with van der Waals surface area (Å²) in [5, 5.41) is 13.0. The van der Waals surface area contributed by atoms with Gasteiger partial charge in [0.25, 0.3) is 5.69 Å². The van der Waals surface area contributed by atoms with E-state index in [9.17, 15) is 18.5 Å². The molecule has 0 bridgehead atoms. The average Bonchev–Trinajstić information content (AvgIpc) is 3.16. The Hall–Kier alpha value is -1.81. The van der Waals surface area contributed by atoms with Gasteiger partial charge in [0.2, 0.25) is 10.0 Å². The van der Waals surface area contributed by atoms with E-state index in [1.54, 1.807) is 11.3 Å². The number of ether oxygens (including phenoxy) is 1. The third kappa shape index (κ3) is 4.29. The molecule has 1 aromatic carbocycles. The van der Waals surface area contributed by atoms with Crippen LogP contribution in [0.4, 0.5) is 5.69 Å². The topological polar surface area (TPSA) is 89.8 Å². The maximum Gasteiger partial charge on any atom is 0.270 e. The molecule has 0 atom stereocenters.